The van der Waals surface area contributed by atoms with Gasteiger partial charge in [-0.15, -0.1) is 0 Å². The number of hydrogen-bond donors (Lipinski definition) is 3. The van der Waals surface area contributed by atoms with Crippen LogP contribution < -0.4 is 10.6 Å². The number of carboxylic acids is 1. The van der Waals surface area contributed by atoms with E-state index in [-0.39, 0.29) is 0 Å². The largest absolute Gasteiger partial charge is 0.480 e. The predicted octanol–water partition coefficient (Wildman–Crippen LogP) is 1.45. The van der Waals surface area contributed by atoms with Gasteiger partial charge in [-0.2, -0.15) is 0 Å². The molecule has 0 aliphatic rings. The lowest BCUT2D eigenvalue weighted by atomic mass is 10.1. The third-order valence-electron chi connectivity index (χ3n) is 2.47. The zero-order valence-corrected chi connectivity index (χ0v) is 12.8. The van der Waals surface area contributed by atoms with Crippen LogP contribution in [-0.2, 0) is 14.3 Å². The van der Waals surface area contributed by atoms with Gasteiger partial charge in [-0.05, 0) is 26.3 Å². The van der Waals surface area contributed by atoms with Gasteiger partial charge in [-0.1, -0.05) is 30.3 Å². The van der Waals surface area contributed by atoms with E-state index in [0.717, 1.165) is 0 Å². The molecular formula is C15H20N2O5. The molecular weight excluding hydrogens is 288 g/mol. The van der Waals surface area contributed by atoms with Gasteiger partial charge in [0.2, 0.25) is 5.91 Å². The first-order valence-corrected chi connectivity index (χ1v) is 6.73. The predicted molar refractivity (Wildman–Crippen MR) is 79.2 cm³/mol. The lowest BCUT2D eigenvalue weighted by molar-refractivity contribution is -0.138. The summed E-state index contributed by atoms with van der Waals surface area (Å²) in [7, 11) is 0. The average Bonchev–Trinajstić information content (AvgIpc) is 2.41. The topological polar surface area (TPSA) is 105 Å². The Morgan fingerprint density at radius 1 is 1.18 bits per heavy atom. The van der Waals surface area contributed by atoms with E-state index in [1.54, 1.807) is 51.1 Å². The van der Waals surface area contributed by atoms with Gasteiger partial charge in [-0.25, -0.2) is 4.79 Å². The van der Waals surface area contributed by atoms with Gasteiger partial charge >= 0.3 is 12.1 Å². The lowest BCUT2D eigenvalue weighted by Gasteiger charge is -2.23. The summed E-state index contributed by atoms with van der Waals surface area (Å²) in [5.74, 6) is -1.79. The maximum absolute atomic E-state index is 12.1. The second-order valence-corrected chi connectivity index (χ2v) is 5.60. The van der Waals surface area contributed by atoms with E-state index in [2.05, 4.69) is 10.6 Å². The van der Waals surface area contributed by atoms with E-state index in [9.17, 15) is 14.4 Å². The number of benzene rings is 1. The highest BCUT2D eigenvalue weighted by atomic mass is 16.6. The molecule has 1 atom stereocenters. The Bertz CT molecular complexity index is 537. The molecule has 0 spiro atoms. The van der Waals surface area contributed by atoms with Crippen molar-refractivity contribution in [2.75, 3.05) is 6.54 Å². The second kappa shape index (κ2) is 7.44. The van der Waals surface area contributed by atoms with E-state index in [1.807, 2.05) is 0 Å². The molecule has 1 aromatic carbocycles. The van der Waals surface area contributed by atoms with Crippen LogP contribution in [0.15, 0.2) is 30.3 Å². The Balaban J connectivity index is 2.85. The number of carboxylic acid groups (broad SMARTS) is 1. The zero-order valence-electron chi connectivity index (χ0n) is 12.8. The highest BCUT2D eigenvalue weighted by Gasteiger charge is 2.25. The van der Waals surface area contributed by atoms with E-state index in [0.29, 0.717) is 5.56 Å². The molecule has 1 rings (SSSR count). The van der Waals surface area contributed by atoms with E-state index < -0.39 is 36.2 Å². The Hall–Kier alpha value is -2.57. The molecule has 0 bridgehead atoms. The molecule has 2 amide bonds. The molecule has 7 nitrogen and oxygen atoms in total. The fourth-order valence-electron chi connectivity index (χ4n) is 1.64. The number of amides is 2. The molecule has 0 saturated heterocycles. The quantitative estimate of drug-likeness (QED) is 0.763. The molecule has 7 heteroatoms. The number of nitrogens with one attached hydrogen (secondary N) is 2. The molecule has 0 aromatic heterocycles. The summed E-state index contributed by atoms with van der Waals surface area (Å²) in [6.45, 7) is 4.58. The normalized spacial score (nSPS) is 12.1. The number of rotatable bonds is 5. The molecule has 22 heavy (non-hydrogen) atoms. The summed E-state index contributed by atoms with van der Waals surface area (Å²) in [4.78, 5) is 34.5. The van der Waals surface area contributed by atoms with Crippen molar-refractivity contribution in [2.24, 2.45) is 0 Å². The Morgan fingerprint density at radius 3 is 2.27 bits per heavy atom. The minimum absolute atomic E-state index is 0.524. The van der Waals surface area contributed by atoms with Crippen LogP contribution in [0.5, 0.6) is 0 Å². The maximum Gasteiger partial charge on any atom is 0.408 e. The number of carbonyl (C=O) groups is 3. The third kappa shape index (κ3) is 6.25. The van der Waals surface area contributed by atoms with Gasteiger partial charge < -0.3 is 20.5 Å². The third-order valence-corrected chi connectivity index (χ3v) is 2.47. The summed E-state index contributed by atoms with van der Waals surface area (Å²) in [5.41, 5.74) is -0.181. The SMILES string of the molecule is CC(C)(C)OC(=O)NC(C(=O)NCC(=O)O)c1ccccc1. The van der Waals surface area contributed by atoms with Crippen LogP contribution in [0.4, 0.5) is 4.79 Å². The summed E-state index contributed by atoms with van der Waals surface area (Å²) in [6.07, 6.45) is -0.758. The average molecular weight is 308 g/mol. The van der Waals surface area contributed by atoms with E-state index in [4.69, 9.17) is 9.84 Å². The van der Waals surface area contributed by atoms with Crippen LogP contribution >= 0.6 is 0 Å². The van der Waals surface area contributed by atoms with Crippen LogP contribution in [0.25, 0.3) is 0 Å². The van der Waals surface area contributed by atoms with Crippen molar-refractivity contribution in [1.82, 2.24) is 10.6 Å². The highest BCUT2D eigenvalue weighted by molar-refractivity contribution is 5.89. The first-order chi connectivity index (χ1) is 10.2. The smallest absolute Gasteiger partial charge is 0.408 e. The monoisotopic (exact) mass is 308 g/mol. The van der Waals surface area contributed by atoms with Crippen LogP contribution in [0, 0.1) is 0 Å². The van der Waals surface area contributed by atoms with Crippen LogP contribution in [0.1, 0.15) is 32.4 Å². The number of hydrogen-bond acceptors (Lipinski definition) is 4. The minimum atomic E-state index is -1.17. The Labute approximate surface area is 128 Å². The number of alkyl carbamates (subject to hydrolysis) is 1. The summed E-state index contributed by atoms with van der Waals surface area (Å²) >= 11 is 0. The van der Waals surface area contributed by atoms with Crippen molar-refractivity contribution >= 4 is 18.0 Å². The lowest BCUT2D eigenvalue weighted by Crippen LogP contribution is -2.43. The van der Waals surface area contributed by atoms with Crippen molar-refractivity contribution in [3.63, 3.8) is 0 Å². The molecule has 0 saturated carbocycles. The van der Waals surface area contributed by atoms with Crippen LogP contribution in [0.2, 0.25) is 0 Å². The standard InChI is InChI=1S/C15H20N2O5/c1-15(2,3)22-14(21)17-12(10-7-5-4-6-8-10)13(20)16-9-11(18)19/h4-8,12H,9H2,1-3H3,(H,16,20)(H,17,21)(H,18,19). The summed E-state index contributed by atoms with van der Waals surface area (Å²) in [6, 6.07) is 7.47. The van der Waals surface area contributed by atoms with Crippen molar-refractivity contribution in [1.29, 1.82) is 0 Å². The molecule has 3 N–H and O–H groups in total. The van der Waals surface area contributed by atoms with Crippen molar-refractivity contribution in [2.45, 2.75) is 32.4 Å². The Kier molecular flexibility index (Phi) is 5.91. The van der Waals surface area contributed by atoms with Crippen molar-refractivity contribution < 1.29 is 24.2 Å². The van der Waals surface area contributed by atoms with E-state index >= 15 is 0 Å². The van der Waals surface area contributed by atoms with Crippen molar-refractivity contribution in [3.05, 3.63) is 35.9 Å². The van der Waals surface area contributed by atoms with Crippen LogP contribution in [-0.4, -0.2) is 35.2 Å². The molecule has 0 aliphatic heterocycles. The van der Waals surface area contributed by atoms with Gasteiger partial charge in [0.1, 0.15) is 18.2 Å². The second-order valence-electron chi connectivity index (χ2n) is 5.60. The molecule has 1 unspecified atom stereocenters. The van der Waals surface area contributed by atoms with Gasteiger partial charge in [0.15, 0.2) is 0 Å². The first kappa shape index (κ1) is 17.5. The van der Waals surface area contributed by atoms with Gasteiger partial charge in [0.05, 0.1) is 0 Å². The molecule has 0 radical (unpaired) electrons. The maximum atomic E-state index is 12.1. The van der Waals surface area contributed by atoms with Crippen LogP contribution in [0.3, 0.4) is 0 Å². The molecule has 0 heterocycles. The number of ether oxygens (including phenoxy) is 1. The van der Waals surface area contributed by atoms with Gasteiger partial charge in [-0.3, -0.25) is 9.59 Å². The van der Waals surface area contributed by atoms with Gasteiger partial charge in [0.25, 0.3) is 0 Å². The highest BCUT2D eigenvalue weighted by Crippen LogP contribution is 2.14. The first-order valence-electron chi connectivity index (χ1n) is 6.73. The number of aliphatic carboxylic acids is 1. The fourth-order valence-corrected chi connectivity index (χ4v) is 1.64. The molecule has 1 aromatic rings. The fraction of sp³-hybridized carbons (Fsp3) is 0.400. The zero-order chi connectivity index (χ0) is 16.8. The van der Waals surface area contributed by atoms with Crippen molar-refractivity contribution in [3.8, 4) is 0 Å². The molecule has 0 aliphatic carbocycles. The number of carbonyl (C=O) groups excluding carboxylic acids is 2. The Morgan fingerprint density at radius 2 is 1.77 bits per heavy atom. The van der Waals surface area contributed by atoms with E-state index in [1.165, 1.54) is 0 Å². The molecule has 0 fully saturated rings. The molecule has 120 valence electrons. The minimum Gasteiger partial charge on any atom is -0.480 e. The van der Waals surface area contributed by atoms with Gasteiger partial charge in [0, 0.05) is 0 Å². The summed E-state index contributed by atoms with van der Waals surface area (Å²) < 4.78 is 5.12. The summed E-state index contributed by atoms with van der Waals surface area (Å²) in [5, 5.41) is 13.3.